The van der Waals surface area contributed by atoms with E-state index in [9.17, 15) is 4.39 Å². The normalized spacial score (nSPS) is 22.6. The molecule has 2 nitrogen and oxygen atoms in total. The van der Waals surface area contributed by atoms with E-state index < -0.39 is 6.67 Å². The van der Waals surface area contributed by atoms with Crippen LogP contribution in [0.5, 0.6) is 5.75 Å². The molecule has 1 fully saturated rings. The molecule has 0 saturated heterocycles. The molecule has 17 heavy (non-hydrogen) atoms. The van der Waals surface area contributed by atoms with Gasteiger partial charge in [0.05, 0.1) is 10.0 Å². The molecule has 0 bridgehead atoms. The summed E-state index contributed by atoms with van der Waals surface area (Å²) in [6.45, 7) is 0.131. The standard InChI is InChI=1S/C12H14Cl2FNO/c13-9-1-2-10(17-4-3-15)11(12(9)14)8-5-7(8)6-16/h1-2,7-8H,3-6,16H2. The highest BCUT2D eigenvalue weighted by molar-refractivity contribution is 6.42. The zero-order valence-electron chi connectivity index (χ0n) is 9.26. The summed E-state index contributed by atoms with van der Waals surface area (Å²) in [6, 6.07) is 3.41. The molecular weight excluding hydrogens is 264 g/mol. The Hall–Kier alpha value is -0.510. The summed E-state index contributed by atoms with van der Waals surface area (Å²) in [7, 11) is 0. The highest BCUT2D eigenvalue weighted by atomic mass is 35.5. The molecule has 1 aromatic rings. The van der Waals surface area contributed by atoms with Crippen molar-refractivity contribution >= 4 is 23.2 Å². The molecule has 2 unspecified atom stereocenters. The van der Waals surface area contributed by atoms with Crippen LogP contribution in [-0.2, 0) is 0 Å². The molecular formula is C12H14Cl2FNO. The Morgan fingerprint density at radius 3 is 2.76 bits per heavy atom. The van der Waals surface area contributed by atoms with Crippen molar-refractivity contribution in [1.29, 1.82) is 0 Å². The van der Waals surface area contributed by atoms with Gasteiger partial charge in [-0.15, -0.1) is 0 Å². The van der Waals surface area contributed by atoms with E-state index in [4.69, 9.17) is 33.7 Å². The molecule has 1 aromatic carbocycles. The van der Waals surface area contributed by atoms with Gasteiger partial charge in [0.2, 0.25) is 0 Å². The third kappa shape index (κ3) is 2.67. The van der Waals surface area contributed by atoms with Crippen molar-refractivity contribution in [2.24, 2.45) is 11.7 Å². The lowest BCUT2D eigenvalue weighted by Crippen LogP contribution is -2.05. The molecule has 94 valence electrons. The van der Waals surface area contributed by atoms with Crippen LogP contribution in [0.15, 0.2) is 12.1 Å². The van der Waals surface area contributed by atoms with Crippen LogP contribution < -0.4 is 10.5 Å². The van der Waals surface area contributed by atoms with Crippen LogP contribution in [0.3, 0.4) is 0 Å². The number of alkyl halides is 1. The average Bonchev–Trinajstić information content (AvgIpc) is 3.09. The first kappa shape index (κ1) is 12.9. The second-order valence-electron chi connectivity index (χ2n) is 4.15. The van der Waals surface area contributed by atoms with Gasteiger partial charge in [0.1, 0.15) is 19.0 Å². The van der Waals surface area contributed by atoms with Crippen molar-refractivity contribution in [3.05, 3.63) is 27.7 Å². The molecule has 2 atom stereocenters. The van der Waals surface area contributed by atoms with Crippen molar-refractivity contribution in [2.75, 3.05) is 19.8 Å². The molecule has 0 amide bonds. The van der Waals surface area contributed by atoms with E-state index >= 15 is 0 Å². The SMILES string of the molecule is NCC1CC1c1c(OCCF)ccc(Cl)c1Cl. The van der Waals surface area contributed by atoms with Gasteiger partial charge < -0.3 is 10.5 Å². The Morgan fingerprint density at radius 2 is 2.18 bits per heavy atom. The number of benzene rings is 1. The Kier molecular flexibility index (Phi) is 4.13. The maximum atomic E-state index is 12.1. The molecule has 2 rings (SSSR count). The number of nitrogens with two attached hydrogens (primary N) is 1. The van der Waals surface area contributed by atoms with Gasteiger partial charge >= 0.3 is 0 Å². The second-order valence-corrected chi connectivity index (χ2v) is 4.93. The first-order valence-corrected chi connectivity index (χ1v) is 6.31. The van der Waals surface area contributed by atoms with Gasteiger partial charge in [-0.1, -0.05) is 23.2 Å². The minimum Gasteiger partial charge on any atom is -0.491 e. The molecule has 1 aliphatic carbocycles. The third-order valence-electron chi connectivity index (χ3n) is 3.02. The van der Waals surface area contributed by atoms with E-state index in [-0.39, 0.29) is 6.61 Å². The first-order valence-electron chi connectivity index (χ1n) is 5.55. The van der Waals surface area contributed by atoms with Crippen LogP contribution in [0, 0.1) is 5.92 Å². The van der Waals surface area contributed by atoms with E-state index in [1.165, 1.54) is 0 Å². The van der Waals surface area contributed by atoms with Gasteiger partial charge in [-0.2, -0.15) is 0 Å². The molecule has 0 aromatic heterocycles. The maximum absolute atomic E-state index is 12.1. The molecule has 0 spiro atoms. The van der Waals surface area contributed by atoms with E-state index in [1.54, 1.807) is 12.1 Å². The quantitative estimate of drug-likeness (QED) is 0.895. The van der Waals surface area contributed by atoms with Crippen molar-refractivity contribution < 1.29 is 9.13 Å². The van der Waals surface area contributed by atoms with Crippen molar-refractivity contribution in [1.82, 2.24) is 0 Å². The fourth-order valence-corrected chi connectivity index (χ4v) is 2.49. The van der Waals surface area contributed by atoms with E-state index in [2.05, 4.69) is 0 Å². The van der Waals surface area contributed by atoms with Gasteiger partial charge in [0.25, 0.3) is 0 Å². The van der Waals surface area contributed by atoms with Gasteiger partial charge in [-0.25, -0.2) is 4.39 Å². The van der Waals surface area contributed by atoms with Crippen LogP contribution in [0.25, 0.3) is 0 Å². The fraction of sp³-hybridized carbons (Fsp3) is 0.500. The maximum Gasteiger partial charge on any atom is 0.124 e. The highest BCUT2D eigenvalue weighted by Crippen LogP contribution is 2.53. The summed E-state index contributed by atoms with van der Waals surface area (Å²) in [5, 5.41) is 1.00. The van der Waals surface area contributed by atoms with Crippen molar-refractivity contribution in [3.63, 3.8) is 0 Å². The fourth-order valence-electron chi connectivity index (χ4n) is 2.03. The lowest BCUT2D eigenvalue weighted by atomic mass is 10.1. The lowest BCUT2D eigenvalue weighted by Gasteiger charge is -2.13. The average molecular weight is 278 g/mol. The summed E-state index contributed by atoms with van der Waals surface area (Å²) >= 11 is 12.2. The number of halogens is 3. The third-order valence-corrected chi connectivity index (χ3v) is 3.84. The van der Waals surface area contributed by atoms with Crippen molar-refractivity contribution in [3.8, 4) is 5.75 Å². The largest absolute Gasteiger partial charge is 0.491 e. The van der Waals surface area contributed by atoms with Gasteiger partial charge in [-0.05, 0) is 36.9 Å². The van der Waals surface area contributed by atoms with Crippen LogP contribution in [0.4, 0.5) is 4.39 Å². The van der Waals surface area contributed by atoms with E-state index in [0.717, 1.165) is 12.0 Å². The van der Waals surface area contributed by atoms with Crippen LogP contribution in [0.2, 0.25) is 10.0 Å². The summed E-state index contributed by atoms with van der Waals surface area (Å²) in [5.41, 5.74) is 6.50. The van der Waals surface area contributed by atoms with Gasteiger partial charge in [-0.3, -0.25) is 0 Å². The minimum absolute atomic E-state index is 0.0327. The Balaban J connectivity index is 2.29. The summed E-state index contributed by atoms with van der Waals surface area (Å²) in [5.74, 6) is 1.34. The Labute approximate surface area is 110 Å². The van der Waals surface area contributed by atoms with Crippen LogP contribution >= 0.6 is 23.2 Å². The van der Waals surface area contributed by atoms with Crippen LogP contribution in [0.1, 0.15) is 17.9 Å². The Bertz CT molecular complexity index is 414. The predicted octanol–water partition coefficient (Wildman–Crippen LogP) is 3.40. The summed E-state index contributed by atoms with van der Waals surface area (Å²) in [6.07, 6.45) is 0.989. The minimum atomic E-state index is -0.523. The number of hydrogen-bond donors (Lipinski definition) is 1. The molecule has 5 heteroatoms. The molecule has 0 aliphatic heterocycles. The molecule has 0 heterocycles. The zero-order chi connectivity index (χ0) is 12.4. The number of rotatable bonds is 5. The number of hydrogen-bond acceptors (Lipinski definition) is 2. The first-order chi connectivity index (χ1) is 8.19. The topological polar surface area (TPSA) is 35.2 Å². The molecule has 1 saturated carbocycles. The summed E-state index contributed by atoms with van der Waals surface area (Å²) < 4.78 is 17.5. The van der Waals surface area contributed by atoms with Gasteiger partial charge in [0.15, 0.2) is 0 Å². The summed E-state index contributed by atoms with van der Waals surface area (Å²) in [4.78, 5) is 0. The predicted molar refractivity (Wildman–Crippen MR) is 67.8 cm³/mol. The molecule has 1 aliphatic rings. The van der Waals surface area contributed by atoms with Crippen molar-refractivity contribution in [2.45, 2.75) is 12.3 Å². The molecule has 2 N–H and O–H groups in total. The van der Waals surface area contributed by atoms with Gasteiger partial charge in [0, 0.05) is 5.56 Å². The van der Waals surface area contributed by atoms with E-state index in [0.29, 0.717) is 34.2 Å². The number of ether oxygens (including phenoxy) is 1. The Morgan fingerprint density at radius 1 is 1.41 bits per heavy atom. The lowest BCUT2D eigenvalue weighted by molar-refractivity contribution is 0.271. The van der Waals surface area contributed by atoms with E-state index in [1.807, 2.05) is 0 Å². The highest BCUT2D eigenvalue weighted by Gasteiger charge is 2.40. The van der Waals surface area contributed by atoms with Crippen LogP contribution in [-0.4, -0.2) is 19.8 Å². The molecule has 0 radical (unpaired) electrons. The second kappa shape index (κ2) is 5.42. The monoisotopic (exact) mass is 277 g/mol. The smallest absolute Gasteiger partial charge is 0.124 e. The zero-order valence-corrected chi connectivity index (χ0v) is 10.8.